The number of nitrogens with zero attached hydrogens (tertiary/aromatic N) is 2. The summed E-state index contributed by atoms with van der Waals surface area (Å²) in [7, 11) is 3.31. The van der Waals surface area contributed by atoms with Crippen LogP contribution in [0.5, 0.6) is 5.75 Å². The lowest BCUT2D eigenvalue weighted by molar-refractivity contribution is -0.128. The van der Waals surface area contributed by atoms with E-state index in [9.17, 15) is 4.79 Å². The van der Waals surface area contributed by atoms with Crippen LogP contribution in [-0.4, -0.2) is 36.7 Å². The van der Waals surface area contributed by atoms with Crippen LogP contribution in [0.2, 0.25) is 5.02 Å². The van der Waals surface area contributed by atoms with Crippen molar-refractivity contribution >= 4 is 23.2 Å². The molecule has 1 aromatic heterocycles. The van der Waals surface area contributed by atoms with Crippen molar-refractivity contribution < 1.29 is 14.1 Å². The van der Waals surface area contributed by atoms with E-state index in [0.717, 1.165) is 17.0 Å². The predicted molar refractivity (Wildman–Crippen MR) is 88.9 cm³/mol. The fraction of sp³-hybridized carbons (Fsp3) is 0.375. The molecule has 0 unspecified atom stereocenters. The van der Waals surface area contributed by atoms with Gasteiger partial charge in [-0.3, -0.25) is 4.79 Å². The SMILES string of the molecule is COc1ccc(Cl)cc1NCC(=O)N(C)Cc1c(C)noc1C. The van der Waals surface area contributed by atoms with Crippen LogP contribution in [0.25, 0.3) is 0 Å². The van der Waals surface area contributed by atoms with Gasteiger partial charge < -0.3 is 19.5 Å². The topological polar surface area (TPSA) is 67.6 Å². The Balaban J connectivity index is 1.98. The molecule has 0 saturated heterocycles. The Labute approximate surface area is 140 Å². The predicted octanol–water partition coefficient (Wildman–Crippen LogP) is 3.02. The molecule has 2 aromatic rings. The molecule has 0 aliphatic carbocycles. The maximum atomic E-state index is 12.3. The first kappa shape index (κ1) is 17.1. The van der Waals surface area contributed by atoms with Crippen molar-refractivity contribution in [1.29, 1.82) is 0 Å². The third-order valence-electron chi connectivity index (χ3n) is 3.59. The summed E-state index contributed by atoms with van der Waals surface area (Å²) in [4.78, 5) is 13.9. The Kier molecular flexibility index (Phi) is 5.50. The second-order valence-corrected chi connectivity index (χ2v) is 5.69. The van der Waals surface area contributed by atoms with E-state index >= 15 is 0 Å². The monoisotopic (exact) mass is 337 g/mol. The summed E-state index contributed by atoms with van der Waals surface area (Å²) in [5.74, 6) is 1.30. The second kappa shape index (κ2) is 7.37. The number of nitrogens with one attached hydrogen (secondary N) is 1. The number of carbonyl (C=O) groups excluding carboxylic acids is 1. The number of methoxy groups -OCH3 is 1. The molecule has 2 rings (SSSR count). The van der Waals surface area contributed by atoms with Crippen LogP contribution in [0.3, 0.4) is 0 Å². The van der Waals surface area contributed by atoms with E-state index in [0.29, 0.717) is 23.0 Å². The van der Waals surface area contributed by atoms with Crippen LogP contribution in [-0.2, 0) is 11.3 Å². The number of halogens is 1. The average molecular weight is 338 g/mol. The molecular formula is C16H20ClN3O3. The molecule has 0 saturated carbocycles. The van der Waals surface area contributed by atoms with Crippen molar-refractivity contribution in [2.75, 3.05) is 26.0 Å². The van der Waals surface area contributed by atoms with Crippen LogP contribution in [0.15, 0.2) is 22.7 Å². The number of likely N-dealkylation sites (N-methyl/N-ethyl adjacent to an activating group) is 1. The van der Waals surface area contributed by atoms with Gasteiger partial charge in [-0.05, 0) is 32.0 Å². The number of aryl methyl sites for hydroxylation is 2. The zero-order valence-corrected chi connectivity index (χ0v) is 14.4. The first-order chi connectivity index (χ1) is 10.9. The molecule has 124 valence electrons. The van der Waals surface area contributed by atoms with E-state index in [4.69, 9.17) is 20.9 Å². The van der Waals surface area contributed by atoms with Crippen LogP contribution in [0.1, 0.15) is 17.0 Å². The highest BCUT2D eigenvalue weighted by atomic mass is 35.5. The van der Waals surface area contributed by atoms with Crippen LogP contribution in [0.4, 0.5) is 5.69 Å². The standard InChI is InChI=1S/C16H20ClN3O3/c1-10-13(11(2)23-19-10)9-20(3)16(21)8-18-14-7-12(17)5-6-15(14)22-4/h5-7,18H,8-9H2,1-4H3. The minimum atomic E-state index is -0.0629. The average Bonchev–Trinajstić information content (AvgIpc) is 2.84. The van der Waals surface area contributed by atoms with Gasteiger partial charge in [0.15, 0.2) is 0 Å². The fourth-order valence-corrected chi connectivity index (χ4v) is 2.35. The maximum Gasteiger partial charge on any atom is 0.241 e. The van der Waals surface area contributed by atoms with Gasteiger partial charge in [0.05, 0.1) is 31.6 Å². The Bertz CT molecular complexity index is 680. The number of amides is 1. The van der Waals surface area contributed by atoms with E-state index < -0.39 is 0 Å². The molecule has 0 radical (unpaired) electrons. The fourth-order valence-electron chi connectivity index (χ4n) is 2.18. The van der Waals surface area contributed by atoms with Crippen molar-refractivity contribution in [2.45, 2.75) is 20.4 Å². The van der Waals surface area contributed by atoms with Crippen molar-refractivity contribution in [3.05, 3.63) is 40.2 Å². The summed E-state index contributed by atoms with van der Waals surface area (Å²) in [5, 5.41) is 7.52. The first-order valence-corrected chi connectivity index (χ1v) is 7.53. The zero-order chi connectivity index (χ0) is 17.0. The lowest BCUT2D eigenvalue weighted by Crippen LogP contribution is -2.32. The molecule has 1 aromatic carbocycles. The highest BCUT2D eigenvalue weighted by Crippen LogP contribution is 2.27. The smallest absolute Gasteiger partial charge is 0.241 e. The minimum absolute atomic E-state index is 0.0629. The van der Waals surface area contributed by atoms with Gasteiger partial charge in [0.2, 0.25) is 5.91 Å². The second-order valence-electron chi connectivity index (χ2n) is 5.25. The molecule has 23 heavy (non-hydrogen) atoms. The Morgan fingerprint density at radius 1 is 1.43 bits per heavy atom. The van der Waals surface area contributed by atoms with Crippen LogP contribution >= 0.6 is 11.6 Å². The Hall–Kier alpha value is -2.21. The molecule has 6 nitrogen and oxygen atoms in total. The summed E-state index contributed by atoms with van der Waals surface area (Å²) < 4.78 is 10.4. The number of hydrogen-bond acceptors (Lipinski definition) is 5. The van der Waals surface area contributed by atoms with Crippen molar-refractivity contribution in [3.8, 4) is 5.75 Å². The third-order valence-corrected chi connectivity index (χ3v) is 3.83. The number of carbonyl (C=O) groups is 1. The number of hydrogen-bond donors (Lipinski definition) is 1. The highest BCUT2D eigenvalue weighted by molar-refractivity contribution is 6.30. The van der Waals surface area contributed by atoms with E-state index in [-0.39, 0.29) is 12.5 Å². The van der Waals surface area contributed by atoms with Gasteiger partial charge >= 0.3 is 0 Å². The van der Waals surface area contributed by atoms with Crippen molar-refractivity contribution in [2.24, 2.45) is 0 Å². The van der Waals surface area contributed by atoms with E-state index in [1.165, 1.54) is 0 Å². The number of benzene rings is 1. The Morgan fingerprint density at radius 2 is 2.17 bits per heavy atom. The summed E-state index contributed by atoms with van der Waals surface area (Å²) in [6, 6.07) is 5.21. The van der Waals surface area contributed by atoms with Gasteiger partial charge in [0.1, 0.15) is 11.5 Å². The van der Waals surface area contributed by atoms with E-state index in [1.807, 2.05) is 13.8 Å². The lowest BCUT2D eigenvalue weighted by Gasteiger charge is -2.18. The van der Waals surface area contributed by atoms with E-state index in [1.54, 1.807) is 37.3 Å². The largest absolute Gasteiger partial charge is 0.495 e. The van der Waals surface area contributed by atoms with E-state index in [2.05, 4.69) is 10.5 Å². The van der Waals surface area contributed by atoms with Gasteiger partial charge in [-0.25, -0.2) is 0 Å². The molecule has 0 spiro atoms. The third kappa shape index (κ3) is 4.16. The zero-order valence-electron chi connectivity index (χ0n) is 13.6. The van der Waals surface area contributed by atoms with Gasteiger partial charge in [-0.15, -0.1) is 0 Å². The van der Waals surface area contributed by atoms with Gasteiger partial charge in [-0.2, -0.15) is 0 Å². The highest BCUT2D eigenvalue weighted by Gasteiger charge is 2.15. The quantitative estimate of drug-likeness (QED) is 0.877. The Morgan fingerprint density at radius 3 is 2.78 bits per heavy atom. The number of ether oxygens (including phenoxy) is 1. The van der Waals surface area contributed by atoms with Gasteiger partial charge in [0.25, 0.3) is 0 Å². The molecule has 0 bridgehead atoms. The molecular weight excluding hydrogens is 318 g/mol. The van der Waals surface area contributed by atoms with Gasteiger partial charge in [0, 0.05) is 17.6 Å². The summed E-state index contributed by atoms with van der Waals surface area (Å²) in [6.45, 7) is 4.28. The summed E-state index contributed by atoms with van der Waals surface area (Å²) in [6.07, 6.45) is 0. The molecule has 0 fully saturated rings. The molecule has 7 heteroatoms. The maximum absolute atomic E-state index is 12.3. The van der Waals surface area contributed by atoms with Gasteiger partial charge in [-0.1, -0.05) is 16.8 Å². The minimum Gasteiger partial charge on any atom is -0.495 e. The lowest BCUT2D eigenvalue weighted by atomic mass is 10.2. The number of aromatic nitrogens is 1. The normalized spacial score (nSPS) is 10.5. The summed E-state index contributed by atoms with van der Waals surface area (Å²) in [5.41, 5.74) is 2.41. The molecule has 1 amide bonds. The van der Waals surface area contributed by atoms with Crippen LogP contribution < -0.4 is 10.1 Å². The molecule has 0 aliphatic heterocycles. The molecule has 1 heterocycles. The molecule has 0 atom stereocenters. The number of rotatable bonds is 6. The first-order valence-electron chi connectivity index (χ1n) is 7.15. The molecule has 0 aliphatic rings. The summed E-state index contributed by atoms with van der Waals surface area (Å²) >= 11 is 5.97. The van der Waals surface area contributed by atoms with Crippen molar-refractivity contribution in [1.82, 2.24) is 10.1 Å². The van der Waals surface area contributed by atoms with Crippen LogP contribution in [0, 0.1) is 13.8 Å². The number of anilines is 1. The molecule has 1 N–H and O–H groups in total. The van der Waals surface area contributed by atoms with Crippen molar-refractivity contribution in [3.63, 3.8) is 0 Å².